The van der Waals surface area contributed by atoms with Crippen LogP contribution in [0.1, 0.15) is 12.0 Å². The van der Waals surface area contributed by atoms with Gasteiger partial charge in [-0.3, -0.25) is 4.79 Å². The van der Waals surface area contributed by atoms with Gasteiger partial charge in [-0.15, -0.1) is 17.8 Å². The number of halogens is 2. The maximum Gasteiger partial charge on any atom is 0.235 e. The molecule has 2 nitrogen and oxygen atoms in total. The van der Waals surface area contributed by atoms with Crippen molar-refractivity contribution >= 4 is 34.2 Å². The molecule has 1 amide bonds. The molecular weight excluding hydrogens is 409 g/mol. The number of hydrogen-bond donors (Lipinski definition) is 0. The fourth-order valence-corrected chi connectivity index (χ4v) is 2.25. The molecule has 1 radical (unpaired) electrons. The number of alkyl halides is 1. The van der Waals surface area contributed by atoms with Crippen molar-refractivity contribution in [2.24, 2.45) is 0 Å². The normalized spacial score (nSPS) is 19.7. The standard InChI is InChI=1S/C12H10FINO.Y/c1-15-11(7-6-10(14)12(15)16)8-2-4-9(13)5-3-8;/h2-5,10H,6H2,1H3;/q-1;. The minimum absolute atomic E-state index is 0. The first-order chi connectivity index (χ1) is 7.59. The van der Waals surface area contributed by atoms with Crippen LogP contribution in [-0.2, 0) is 37.5 Å². The molecule has 1 aromatic carbocycles. The Labute approximate surface area is 139 Å². The van der Waals surface area contributed by atoms with Crippen molar-refractivity contribution in [3.8, 4) is 0 Å². The third kappa shape index (κ3) is 3.35. The molecule has 0 bridgehead atoms. The van der Waals surface area contributed by atoms with Gasteiger partial charge in [0.1, 0.15) is 5.82 Å². The number of hydrogen-bond acceptors (Lipinski definition) is 1. The number of carbonyl (C=O) groups excluding carboxylic acids is 1. The molecule has 0 aromatic heterocycles. The number of carbonyl (C=O) groups is 1. The number of amides is 1. The van der Waals surface area contributed by atoms with Crippen molar-refractivity contribution in [3.05, 3.63) is 41.7 Å². The van der Waals surface area contributed by atoms with Crippen molar-refractivity contribution in [3.63, 3.8) is 0 Å². The first kappa shape index (κ1) is 15.3. The Kier molecular flexibility index (Phi) is 5.73. The van der Waals surface area contributed by atoms with E-state index in [0.717, 1.165) is 11.3 Å². The first-order valence-corrected chi connectivity index (χ1v) is 6.12. The van der Waals surface area contributed by atoms with E-state index >= 15 is 0 Å². The zero-order valence-corrected chi connectivity index (χ0v) is 14.3. The topological polar surface area (TPSA) is 20.3 Å². The molecule has 1 unspecified atom stereocenters. The Morgan fingerprint density at radius 1 is 1.41 bits per heavy atom. The fraction of sp³-hybridized carbons (Fsp3) is 0.250. The molecule has 0 aliphatic carbocycles. The Hall–Kier alpha value is 0.194. The van der Waals surface area contributed by atoms with E-state index in [-0.39, 0.29) is 48.4 Å². The van der Waals surface area contributed by atoms with E-state index in [4.69, 9.17) is 0 Å². The second kappa shape index (κ2) is 6.39. The Bertz CT molecular complexity index is 446. The van der Waals surface area contributed by atoms with E-state index in [0.29, 0.717) is 6.42 Å². The number of benzene rings is 1. The third-order valence-electron chi connectivity index (χ3n) is 2.50. The molecule has 0 fully saturated rings. The molecule has 1 heterocycles. The maximum absolute atomic E-state index is 12.8. The summed E-state index contributed by atoms with van der Waals surface area (Å²) in [6.07, 6.45) is 3.78. The van der Waals surface area contributed by atoms with Gasteiger partial charge in [0.05, 0.1) is 3.92 Å². The van der Waals surface area contributed by atoms with Crippen molar-refractivity contribution in [2.75, 3.05) is 7.05 Å². The molecule has 0 saturated heterocycles. The Morgan fingerprint density at radius 2 is 2.00 bits per heavy atom. The Morgan fingerprint density at radius 3 is 2.59 bits per heavy atom. The van der Waals surface area contributed by atoms with Crippen molar-refractivity contribution < 1.29 is 41.9 Å². The summed E-state index contributed by atoms with van der Waals surface area (Å²) in [5.41, 5.74) is 1.55. The minimum atomic E-state index is -0.277. The van der Waals surface area contributed by atoms with Gasteiger partial charge in [0.2, 0.25) is 5.91 Å². The average molecular weight is 419 g/mol. The summed E-state index contributed by atoms with van der Waals surface area (Å²) in [6.45, 7) is 0. The van der Waals surface area contributed by atoms with Crippen molar-refractivity contribution in [2.45, 2.75) is 10.3 Å². The predicted molar refractivity (Wildman–Crippen MR) is 68.2 cm³/mol. The molecule has 0 saturated carbocycles. The molecule has 1 atom stereocenters. The molecule has 0 N–H and O–H groups in total. The SMILES string of the molecule is CN1C(=O)C(I)C[C-]=C1c1ccc(F)cc1.[Y]. The quantitative estimate of drug-likeness (QED) is 0.390. The molecule has 5 heteroatoms. The summed E-state index contributed by atoms with van der Waals surface area (Å²) in [7, 11) is 1.72. The minimum Gasteiger partial charge on any atom is -0.350 e. The summed E-state index contributed by atoms with van der Waals surface area (Å²) in [5, 5.41) is 0. The first-order valence-electron chi connectivity index (χ1n) is 4.88. The van der Waals surface area contributed by atoms with Gasteiger partial charge in [0.25, 0.3) is 0 Å². The smallest absolute Gasteiger partial charge is 0.235 e. The number of allylic oxidation sites excluding steroid dienone is 1. The molecular formula is C12H10FINOY-. The van der Waals surface area contributed by atoms with Gasteiger partial charge in [0.15, 0.2) is 0 Å². The predicted octanol–water partition coefficient (Wildman–Crippen LogP) is 2.63. The molecule has 87 valence electrons. The van der Waals surface area contributed by atoms with Crippen LogP contribution in [-0.4, -0.2) is 21.8 Å². The van der Waals surface area contributed by atoms with E-state index in [1.807, 2.05) is 0 Å². The molecule has 17 heavy (non-hydrogen) atoms. The Balaban J connectivity index is 0.00000144. The molecule has 1 aromatic rings. The van der Waals surface area contributed by atoms with Crippen molar-refractivity contribution in [1.82, 2.24) is 4.90 Å². The van der Waals surface area contributed by atoms with Crippen LogP contribution < -0.4 is 0 Å². The van der Waals surface area contributed by atoms with Crippen LogP contribution in [0.4, 0.5) is 4.39 Å². The fourth-order valence-electron chi connectivity index (χ4n) is 1.62. The number of rotatable bonds is 1. The van der Waals surface area contributed by atoms with Gasteiger partial charge in [-0.25, -0.2) is 10.5 Å². The third-order valence-corrected chi connectivity index (χ3v) is 3.47. The zero-order chi connectivity index (χ0) is 11.7. The van der Waals surface area contributed by atoms with Gasteiger partial charge in [-0.05, 0) is 12.1 Å². The van der Waals surface area contributed by atoms with E-state index in [9.17, 15) is 9.18 Å². The van der Waals surface area contributed by atoms with Gasteiger partial charge in [-0.2, -0.15) is 5.56 Å². The monoisotopic (exact) mass is 419 g/mol. The summed E-state index contributed by atoms with van der Waals surface area (Å²) < 4.78 is 12.7. The van der Waals surface area contributed by atoms with Gasteiger partial charge in [0, 0.05) is 39.8 Å². The van der Waals surface area contributed by atoms with Gasteiger partial charge >= 0.3 is 0 Å². The zero-order valence-electron chi connectivity index (χ0n) is 9.28. The van der Waals surface area contributed by atoms with E-state index in [1.165, 1.54) is 12.1 Å². The van der Waals surface area contributed by atoms with Crippen LogP contribution in [0.2, 0.25) is 0 Å². The van der Waals surface area contributed by atoms with Crippen LogP contribution in [0, 0.1) is 11.9 Å². The van der Waals surface area contributed by atoms with Gasteiger partial charge < -0.3 is 4.90 Å². The van der Waals surface area contributed by atoms with Crippen LogP contribution in [0.25, 0.3) is 5.70 Å². The summed E-state index contributed by atoms with van der Waals surface area (Å²) >= 11 is 2.11. The van der Waals surface area contributed by atoms with Crippen LogP contribution >= 0.6 is 22.6 Å². The second-order valence-corrected chi connectivity index (χ2v) is 5.10. The van der Waals surface area contributed by atoms with Gasteiger partial charge in [-0.1, -0.05) is 29.0 Å². The number of nitrogens with zero attached hydrogens (tertiary/aromatic N) is 1. The average Bonchev–Trinajstić information content (AvgIpc) is 2.28. The molecule has 0 spiro atoms. The van der Waals surface area contributed by atoms with Crippen molar-refractivity contribution in [1.29, 1.82) is 0 Å². The largest absolute Gasteiger partial charge is 0.350 e. The van der Waals surface area contributed by atoms with E-state index in [1.54, 1.807) is 24.1 Å². The maximum atomic E-state index is 12.8. The summed E-state index contributed by atoms with van der Waals surface area (Å²) in [5.74, 6) is -0.209. The second-order valence-electron chi connectivity index (χ2n) is 3.60. The van der Waals surface area contributed by atoms with Crippen LogP contribution in [0.5, 0.6) is 0 Å². The summed E-state index contributed by atoms with van der Waals surface area (Å²) in [6, 6.07) is 6.10. The molecule has 1 aliphatic heterocycles. The summed E-state index contributed by atoms with van der Waals surface area (Å²) in [4.78, 5) is 13.3. The van der Waals surface area contributed by atoms with Crippen LogP contribution in [0.3, 0.4) is 0 Å². The van der Waals surface area contributed by atoms with Crippen LogP contribution in [0.15, 0.2) is 24.3 Å². The van der Waals surface area contributed by atoms with E-state index < -0.39 is 0 Å². The van der Waals surface area contributed by atoms with E-state index in [2.05, 4.69) is 28.7 Å². The molecule has 2 rings (SSSR count). The molecule has 1 aliphatic rings.